The Morgan fingerprint density at radius 2 is 1.87 bits per heavy atom. The van der Waals surface area contributed by atoms with Gasteiger partial charge in [0.25, 0.3) is 6.43 Å². The minimum Gasteiger partial charge on any atom is -0.370 e. The van der Waals surface area contributed by atoms with Crippen molar-refractivity contribution in [3.05, 3.63) is 29.6 Å². The number of aliphatic imine (C=N–C) groups is 1. The van der Waals surface area contributed by atoms with Crippen LogP contribution in [0.4, 0.5) is 18.9 Å². The summed E-state index contributed by atoms with van der Waals surface area (Å²) in [6.45, 7) is 9.75. The number of anilines is 1. The lowest BCUT2D eigenvalue weighted by Gasteiger charge is -2.32. The maximum atomic E-state index is 14.5. The number of nitrogens with zero attached hydrogens (tertiary/aromatic N) is 3. The molecule has 1 aromatic carbocycles. The average Bonchev–Trinajstić information content (AvgIpc) is 2.69. The summed E-state index contributed by atoms with van der Waals surface area (Å²) >= 11 is 0. The van der Waals surface area contributed by atoms with E-state index in [1.165, 1.54) is 0 Å². The number of rotatable bonds is 9. The Balaban J connectivity index is 0.00000450. The van der Waals surface area contributed by atoms with Gasteiger partial charge in [-0.1, -0.05) is 6.07 Å². The van der Waals surface area contributed by atoms with Crippen molar-refractivity contribution in [1.82, 2.24) is 15.5 Å². The average molecular weight is 541 g/mol. The molecule has 0 bridgehead atoms. The van der Waals surface area contributed by atoms with Crippen molar-refractivity contribution in [2.75, 3.05) is 44.2 Å². The zero-order valence-electron chi connectivity index (χ0n) is 18.1. The monoisotopic (exact) mass is 541 g/mol. The summed E-state index contributed by atoms with van der Waals surface area (Å²) in [4.78, 5) is 8.36. The summed E-state index contributed by atoms with van der Waals surface area (Å²) in [6, 6.07) is 5.46. The van der Waals surface area contributed by atoms with E-state index in [-0.39, 0.29) is 42.4 Å². The van der Waals surface area contributed by atoms with Crippen LogP contribution in [0.2, 0.25) is 0 Å². The predicted octanol–water partition coefficient (Wildman–Crippen LogP) is 4.07. The highest BCUT2D eigenvalue weighted by Crippen LogP contribution is 2.21. The van der Waals surface area contributed by atoms with Crippen LogP contribution in [0, 0.1) is 5.82 Å². The topological polar surface area (TPSA) is 42.9 Å². The molecule has 0 aromatic heterocycles. The van der Waals surface area contributed by atoms with Crippen molar-refractivity contribution in [2.24, 2.45) is 4.99 Å². The van der Waals surface area contributed by atoms with Gasteiger partial charge in [0.15, 0.2) is 5.96 Å². The first kappa shape index (κ1) is 26.8. The number of nitrogens with one attached hydrogen (secondary N) is 2. The molecule has 0 amide bonds. The van der Waals surface area contributed by atoms with Crippen LogP contribution in [0.3, 0.4) is 0 Å². The molecule has 1 heterocycles. The summed E-state index contributed by atoms with van der Waals surface area (Å²) in [5, 5.41) is 6.60. The predicted molar refractivity (Wildman–Crippen MR) is 129 cm³/mol. The molecule has 1 aliphatic heterocycles. The summed E-state index contributed by atoms with van der Waals surface area (Å²) in [5.74, 6) is 0.443. The minimum absolute atomic E-state index is 0. The van der Waals surface area contributed by atoms with Gasteiger partial charge in [0, 0.05) is 38.8 Å². The number of likely N-dealkylation sites (tertiary alicyclic amines) is 1. The summed E-state index contributed by atoms with van der Waals surface area (Å²) in [5.41, 5.74) is 1.42. The van der Waals surface area contributed by atoms with E-state index in [0.717, 1.165) is 31.5 Å². The summed E-state index contributed by atoms with van der Waals surface area (Å²) in [7, 11) is 0. The van der Waals surface area contributed by atoms with Crippen molar-refractivity contribution >= 4 is 35.6 Å². The van der Waals surface area contributed by atoms with Gasteiger partial charge in [0.05, 0.1) is 18.8 Å². The molecule has 0 aliphatic carbocycles. The van der Waals surface area contributed by atoms with Crippen LogP contribution in [0.15, 0.2) is 23.2 Å². The minimum atomic E-state index is -2.29. The molecular formula is C21H35F3IN5. The van der Waals surface area contributed by atoms with Gasteiger partial charge in [0.2, 0.25) is 0 Å². The van der Waals surface area contributed by atoms with Crippen LogP contribution in [-0.2, 0) is 6.54 Å². The van der Waals surface area contributed by atoms with E-state index in [9.17, 15) is 13.2 Å². The largest absolute Gasteiger partial charge is 0.370 e. The molecule has 1 aliphatic rings. The fourth-order valence-corrected chi connectivity index (χ4v) is 3.61. The highest BCUT2D eigenvalue weighted by Gasteiger charge is 2.22. The third-order valence-electron chi connectivity index (χ3n) is 5.20. The van der Waals surface area contributed by atoms with Crippen LogP contribution in [0.1, 0.15) is 39.2 Å². The standard InChI is InChI=1S/C21H34F3N5.HI/c1-4-25-21(27-17-9-11-28(12-10-17)15-20(23)24)26-14-16-7-8-19(18(22)13-16)29(5-2)6-3;/h7-8,13,17,20H,4-6,9-12,14-15H2,1-3H3,(H2,25,26,27);1H. The molecule has 1 saturated heterocycles. The molecule has 9 heteroatoms. The van der Waals surface area contributed by atoms with E-state index in [1.807, 2.05) is 37.8 Å². The molecule has 0 saturated carbocycles. The van der Waals surface area contributed by atoms with E-state index < -0.39 is 6.43 Å². The highest BCUT2D eigenvalue weighted by atomic mass is 127. The van der Waals surface area contributed by atoms with E-state index >= 15 is 0 Å². The Hall–Kier alpha value is -1.23. The lowest BCUT2D eigenvalue weighted by Crippen LogP contribution is -2.49. The first-order chi connectivity index (χ1) is 14.0. The molecule has 30 heavy (non-hydrogen) atoms. The molecule has 5 nitrogen and oxygen atoms in total. The van der Waals surface area contributed by atoms with E-state index in [0.29, 0.717) is 37.8 Å². The van der Waals surface area contributed by atoms with E-state index in [4.69, 9.17) is 0 Å². The maximum Gasteiger partial charge on any atom is 0.251 e. The number of halogens is 4. The molecule has 1 fully saturated rings. The molecule has 172 valence electrons. The Labute approximate surface area is 195 Å². The normalized spacial score (nSPS) is 15.8. The van der Waals surface area contributed by atoms with Gasteiger partial charge in [-0.2, -0.15) is 0 Å². The van der Waals surface area contributed by atoms with E-state index in [2.05, 4.69) is 15.6 Å². The zero-order valence-corrected chi connectivity index (χ0v) is 20.5. The van der Waals surface area contributed by atoms with Crippen LogP contribution in [-0.4, -0.2) is 62.6 Å². The Bertz CT molecular complexity index is 648. The molecule has 0 spiro atoms. The van der Waals surface area contributed by atoms with Crippen molar-refractivity contribution in [2.45, 2.75) is 52.6 Å². The molecule has 1 aromatic rings. The quantitative estimate of drug-likeness (QED) is 0.281. The van der Waals surface area contributed by atoms with E-state index in [1.54, 1.807) is 11.0 Å². The third-order valence-corrected chi connectivity index (χ3v) is 5.20. The number of piperidine rings is 1. The molecule has 0 unspecified atom stereocenters. The molecule has 2 rings (SSSR count). The summed E-state index contributed by atoms with van der Waals surface area (Å²) < 4.78 is 39.5. The van der Waals surface area contributed by atoms with Gasteiger partial charge >= 0.3 is 0 Å². The first-order valence-corrected chi connectivity index (χ1v) is 10.5. The van der Waals surface area contributed by atoms with Crippen molar-refractivity contribution < 1.29 is 13.2 Å². The fourth-order valence-electron chi connectivity index (χ4n) is 3.61. The molecule has 0 atom stereocenters. The van der Waals surface area contributed by atoms with Crippen LogP contribution in [0.5, 0.6) is 0 Å². The second-order valence-electron chi connectivity index (χ2n) is 7.26. The Morgan fingerprint density at radius 1 is 1.20 bits per heavy atom. The number of guanidine groups is 1. The number of alkyl halides is 2. The molecule has 0 radical (unpaired) electrons. The van der Waals surface area contributed by atoms with Gasteiger partial charge in [-0.25, -0.2) is 18.2 Å². The van der Waals surface area contributed by atoms with Crippen LogP contribution >= 0.6 is 24.0 Å². The lowest BCUT2D eigenvalue weighted by molar-refractivity contribution is 0.0744. The zero-order chi connectivity index (χ0) is 21.2. The number of benzene rings is 1. The summed E-state index contributed by atoms with van der Waals surface area (Å²) in [6.07, 6.45) is -0.693. The van der Waals surface area contributed by atoms with Crippen molar-refractivity contribution in [3.63, 3.8) is 0 Å². The smallest absolute Gasteiger partial charge is 0.251 e. The number of hydrogen-bond acceptors (Lipinski definition) is 3. The van der Waals surface area contributed by atoms with Gasteiger partial charge in [-0.05, 0) is 51.3 Å². The van der Waals surface area contributed by atoms with Crippen molar-refractivity contribution in [1.29, 1.82) is 0 Å². The molecule has 2 N–H and O–H groups in total. The van der Waals surface area contributed by atoms with Gasteiger partial charge < -0.3 is 15.5 Å². The fraction of sp³-hybridized carbons (Fsp3) is 0.667. The Morgan fingerprint density at radius 3 is 2.40 bits per heavy atom. The third kappa shape index (κ3) is 8.49. The van der Waals surface area contributed by atoms with Gasteiger partial charge in [-0.15, -0.1) is 24.0 Å². The van der Waals surface area contributed by atoms with Gasteiger partial charge in [-0.3, -0.25) is 4.90 Å². The molecular weight excluding hydrogens is 506 g/mol. The second-order valence-corrected chi connectivity index (χ2v) is 7.26. The Kier molecular flexibility index (Phi) is 12.5. The second kappa shape index (κ2) is 14.0. The highest BCUT2D eigenvalue weighted by molar-refractivity contribution is 14.0. The SMILES string of the molecule is CCNC(=NCc1ccc(N(CC)CC)c(F)c1)NC1CCN(CC(F)F)CC1.I. The van der Waals surface area contributed by atoms with Gasteiger partial charge in [0.1, 0.15) is 5.82 Å². The first-order valence-electron chi connectivity index (χ1n) is 10.5. The van der Waals surface area contributed by atoms with Crippen molar-refractivity contribution in [3.8, 4) is 0 Å². The van der Waals surface area contributed by atoms with Crippen LogP contribution < -0.4 is 15.5 Å². The number of hydrogen-bond donors (Lipinski definition) is 2. The maximum absolute atomic E-state index is 14.5. The lowest BCUT2D eigenvalue weighted by atomic mass is 10.1. The van der Waals surface area contributed by atoms with Crippen LogP contribution in [0.25, 0.3) is 0 Å².